The van der Waals surface area contributed by atoms with E-state index in [1.807, 2.05) is 36.4 Å². The minimum atomic E-state index is -1.15. The van der Waals surface area contributed by atoms with Gasteiger partial charge in [-0.15, -0.1) is 0 Å². The Hall–Kier alpha value is -9.77. The van der Waals surface area contributed by atoms with Gasteiger partial charge in [0.1, 0.15) is 41.7 Å². The number of phenols is 1. The number of nitrogens with zero attached hydrogens (tertiary/aromatic N) is 2. The van der Waals surface area contributed by atoms with Crippen LogP contribution in [0.2, 0.25) is 0 Å². The Bertz CT molecular complexity index is 3320. The second-order valence-corrected chi connectivity index (χ2v) is 21.5. The normalized spacial score (nSPS) is 10.8. The zero-order valence-electron chi connectivity index (χ0n) is 49.6. The SMILES string of the molecule is CCCCCCCCc1ccc(C(=O)Oc2ccc(CN(CC(=O)O)C(=O)c3ccc(NC(=O)Cc4ccc(OC)cc4)cc3)cc2)cc1.COc1ccc(CC(=O)Nc2ccc(C(=O)N(CC(=O)OC(C)(C)C)Cc3ccc(O)cc3)cc2)cc1. The molecule has 0 bridgehead atoms. The van der Waals surface area contributed by atoms with Gasteiger partial charge in [-0.25, -0.2) is 4.79 Å². The quantitative estimate of drug-likeness (QED) is 0.0214. The number of unbranched alkanes of at least 4 members (excludes halogenated alkanes) is 5. The number of carboxylic acid groups (broad SMARTS) is 1. The van der Waals surface area contributed by atoms with Crippen LogP contribution in [-0.4, -0.2) is 94.5 Å². The Kier molecular flexibility index (Phi) is 25.0. The molecule has 0 aliphatic heterocycles. The van der Waals surface area contributed by atoms with E-state index in [0.717, 1.165) is 35.3 Å². The molecule has 0 aliphatic carbocycles. The molecular weight excluding hydrogens is 1090 g/mol. The highest BCUT2D eigenvalue weighted by atomic mass is 16.6. The second-order valence-electron chi connectivity index (χ2n) is 21.5. The monoisotopic (exact) mass is 1170 g/mol. The van der Waals surface area contributed by atoms with Gasteiger partial charge in [-0.2, -0.15) is 0 Å². The number of esters is 2. The largest absolute Gasteiger partial charge is 0.508 e. The van der Waals surface area contributed by atoms with Crippen LogP contribution in [0.15, 0.2) is 170 Å². The molecule has 4 N–H and O–H groups in total. The molecule has 0 atom stereocenters. The zero-order valence-corrected chi connectivity index (χ0v) is 49.6. The molecule has 0 saturated heterocycles. The first-order chi connectivity index (χ1) is 41.3. The van der Waals surface area contributed by atoms with Crippen LogP contribution in [0.5, 0.6) is 23.0 Å². The molecule has 7 rings (SSSR count). The van der Waals surface area contributed by atoms with Crippen molar-refractivity contribution in [3.8, 4) is 23.0 Å². The predicted octanol–water partition coefficient (Wildman–Crippen LogP) is 12.3. The second kappa shape index (κ2) is 32.9. The molecule has 0 spiro atoms. The molecule has 0 heterocycles. The highest BCUT2D eigenvalue weighted by Crippen LogP contribution is 2.22. The molecule has 86 heavy (non-hydrogen) atoms. The lowest BCUT2D eigenvalue weighted by Gasteiger charge is -2.25. The summed E-state index contributed by atoms with van der Waals surface area (Å²) in [6.45, 7) is 6.93. The number of carbonyl (C=O) groups is 7. The van der Waals surface area contributed by atoms with Gasteiger partial charge in [0.15, 0.2) is 0 Å². The molecule has 0 fully saturated rings. The fourth-order valence-corrected chi connectivity index (χ4v) is 8.91. The number of anilines is 2. The Morgan fingerprint density at radius 2 is 0.860 bits per heavy atom. The third-order valence-corrected chi connectivity index (χ3v) is 13.3. The molecule has 7 aromatic carbocycles. The predicted molar refractivity (Wildman–Crippen MR) is 330 cm³/mol. The van der Waals surface area contributed by atoms with Crippen molar-refractivity contribution in [1.82, 2.24) is 9.80 Å². The highest BCUT2D eigenvalue weighted by molar-refractivity contribution is 5.99. The van der Waals surface area contributed by atoms with Crippen molar-refractivity contribution >= 4 is 52.9 Å². The first-order valence-corrected chi connectivity index (χ1v) is 28.5. The van der Waals surface area contributed by atoms with E-state index in [4.69, 9.17) is 18.9 Å². The van der Waals surface area contributed by atoms with Gasteiger partial charge in [-0.05, 0) is 171 Å². The van der Waals surface area contributed by atoms with Crippen molar-refractivity contribution in [3.05, 3.63) is 214 Å². The molecule has 4 amide bonds. The number of amides is 4. The van der Waals surface area contributed by atoms with E-state index in [2.05, 4.69) is 17.6 Å². The van der Waals surface area contributed by atoms with Crippen LogP contribution in [0.4, 0.5) is 11.4 Å². The molecule has 0 unspecified atom stereocenters. The number of methoxy groups -OCH3 is 2. The molecule has 17 nitrogen and oxygen atoms in total. The van der Waals surface area contributed by atoms with Crippen molar-refractivity contribution < 1.29 is 62.7 Å². The Balaban J connectivity index is 0.000000286. The zero-order chi connectivity index (χ0) is 62.0. The maximum Gasteiger partial charge on any atom is 0.343 e. The van der Waals surface area contributed by atoms with Gasteiger partial charge in [-0.3, -0.25) is 28.8 Å². The summed E-state index contributed by atoms with van der Waals surface area (Å²) >= 11 is 0. The van der Waals surface area contributed by atoms with E-state index < -0.39 is 36.0 Å². The van der Waals surface area contributed by atoms with E-state index in [9.17, 15) is 43.8 Å². The summed E-state index contributed by atoms with van der Waals surface area (Å²) in [5.74, 6) is -1.54. The maximum atomic E-state index is 13.3. The summed E-state index contributed by atoms with van der Waals surface area (Å²) in [6.07, 6.45) is 8.76. The summed E-state index contributed by atoms with van der Waals surface area (Å²) in [7, 11) is 3.16. The molecular formula is C69H76N4O13. The number of hydrogen-bond donors (Lipinski definition) is 4. The first-order valence-electron chi connectivity index (χ1n) is 28.5. The summed E-state index contributed by atoms with van der Waals surface area (Å²) in [5.41, 5.74) is 5.73. The van der Waals surface area contributed by atoms with Crippen molar-refractivity contribution in [2.75, 3.05) is 37.9 Å². The van der Waals surface area contributed by atoms with Crippen LogP contribution in [-0.2, 0) is 56.3 Å². The van der Waals surface area contributed by atoms with Crippen LogP contribution in [0, 0.1) is 0 Å². The van der Waals surface area contributed by atoms with E-state index in [0.29, 0.717) is 39.6 Å². The number of rotatable bonds is 27. The topological polar surface area (TPSA) is 227 Å². The van der Waals surface area contributed by atoms with E-state index >= 15 is 0 Å². The summed E-state index contributed by atoms with van der Waals surface area (Å²) in [5, 5.41) is 24.7. The van der Waals surface area contributed by atoms with Gasteiger partial charge in [0.25, 0.3) is 11.8 Å². The highest BCUT2D eigenvalue weighted by Gasteiger charge is 2.24. The number of hydrogen-bond acceptors (Lipinski definition) is 12. The molecule has 0 saturated carbocycles. The number of aromatic hydroxyl groups is 1. The van der Waals surface area contributed by atoms with Crippen molar-refractivity contribution in [2.24, 2.45) is 0 Å². The average Bonchev–Trinajstić information content (AvgIpc) is 3.31. The fourth-order valence-electron chi connectivity index (χ4n) is 8.91. The van der Waals surface area contributed by atoms with Gasteiger partial charge >= 0.3 is 17.9 Å². The van der Waals surface area contributed by atoms with Gasteiger partial charge in [-0.1, -0.05) is 99.7 Å². The molecule has 450 valence electrons. The van der Waals surface area contributed by atoms with Crippen molar-refractivity contribution in [1.29, 1.82) is 0 Å². The van der Waals surface area contributed by atoms with E-state index in [-0.39, 0.29) is 61.5 Å². The number of ether oxygens (including phenoxy) is 4. The lowest BCUT2D eigenvalue weighted by molar-refractivity contribution is -0.155. The lowest BCUT2D eigenvalue weighted by Crippen LogP contribution is -2.38. The summed E-state index contributed by atoms with van der Waals surface area (Å²) < 4.78 is 21.2. The number of carbonyl (C=O) groups excluding carboxylic acids is 6. The molecule has 0 aliphatic rings. The number of aryl methyl sites for hydroxylation is 1. The van der Waals surface area contributed by atoms with Gasteiger partial charge in [0.2, 0.25) is 11.8 Å². The Morgan fingerprint density at radius 3 is 1.30 bits per heavy atom. The van der Waals surface area contributed by atoms with Gasteiger partial charge in [0, 0.05) is 35.6 Å². The van der Waals surface area contributed by atoms with Gasteiger partial charge in [0.05, 0.1) is 32.6 Å². The minimum Gasteiger partial charge on any atom is -0.508 e. The third-order valence-electron chi connectivity index (χ3n) is 13.3. The summed E-state index contributed by atoms with van der Waals surface area (Å²) in [4.78, 5) is 91.0. The molecule has 7 aromatic rings. The number of phenolic OH excluding ortho intramolecular Hbond substituents is 1. The standard InChI is InChI=1S/C40H44N2O7.C29H32N2O6/c1-3-4-5-6-7-8-9-29-10-16-33(17-11-29)40(47)49-36-24-14-31(15-25-36)27-42(28-38(44)45)39(46)32-18-20-34(21-19-32)41-37(43)26-30-12-22-35(48-2)23-13-30;1-29(2,3)37-27(34)19-31(18-21-5-13-24(32)14-6-21)28(35)22-9-11-23(12-10-22)30-26(33)17-20-7-15-25(36-4)16-8-20/h10-25H,3-9,26-28H2,1-2H3,(H,41,43)(H,44,45);5-16,32H,17-19H2,1-4H3,(H,30,33). The number of nitrogens with one attached hydrogen (secondary N) is 2. The smallest absolute Gasteiger partial charge is 0.343 e. The number of carboxylic acids is 1. The third kappa shape index (κ3) is 22.4. The lowest BCUT2D eigenvalue weighted by atomic mass is 10.0. The van der Waals surface area contributed by atoms with Crippen LogP contribution in [0.25, 0.3) is 0 Å². The first kappa shape index (κ1) is 65.4. The van der Waals surface area contributed by atoms with Gasteiger partial charge < -0.3 is 49.6 Å². The molecule has 0 radical (unpaired) electrons. The minimum absolute atomic E-state index is 0.0276. The van der Waals surface area contributed by atoms with Crippen LogP contribution in [0.3, 0.4) is 0 Å². The maximum absolute atomic E-state index is 13.3. The number of aliphatic carboxylic acids is 1. The average molecular weight is 1170 g/mol. The van der Waals surface area contributed by atoms with E-state index in [1.54, 1.807) is 156 Å². The van der Waals surface area contributed by atoms with Crippen molar-refractivity contribution in [2.45, 2.75) is 104 Å². The number of benzene rings is 7. The van der Waals surface area contributed by atoms with Crippen LogP contribution >= 0.6 is 0 Å². The Labute approximate surface area is 502 Å². The Morgan fingerprint density at radius 1 is 0.465 bits per heavy atom. The molecule has 17 heteroatoms. The van der Waals surface area contributed by atoms with Crippen molar-refractivity contribution in [3.63, 3.8) is 0 Å². The van der Waals surface area contributed by atoms with Crippen LogP contribution < -0.4 is 24.8 Å². The van der Waals surface area contributed by atoms with Crippen LogP contribution in [0.1, 0.15) is 125 Å². The molecule has 0 aromatic heterocycles. The summed E-state index contributed by atoms with van der Waals surface area (Å²) in [6, 6.07) is 47.8. The van der Waals surface area contributed by atoms with E-state index in [1.165, 1.54) is 59.6 Å². The fraction of sp³-hybridized carbons (Fsp3) is 0.290.